The van der Waals surface area contributed by atoms with Gasteiger partial charge in [-0.1, -0.05) is 6.07 Å². The Balaban J connectivity index is 2.53. The van der Waals surface area contributed by atoms with Gasteiger partial charge in [0, 0.05) is 6.07 Å². The van der Waals surface area contributed by atoms with E-state index in [0.717, 1.165) is 5.56 Å². The minimum absolute atomic E-state index is 0.000991. The second kappa shape index (κ2) is 4.69. The first-order valence-electron chi connectivity index (χ1n) is 3.82. The molecular formula is C9H12O4. The van der Waals surface area contributed by atoms with Gasteiger partial charge in [0.25, 0.3) is 0 Å². The van der Waals surface area contributed by atoms with Crippen LogP contribution in [0.1, 0.15) is 5.56 Å². The van der Waals surface area contributed by atoms with Gasteiger partial charge in [-0.3, -0.25) is 0 Å². The third-order valence-corrected chi connectivity index (χ3v) is 1.57. The molecule has 1 aromatic carbocycles. The Labute approximate surface area is 76.6 Å². The van der Waals surface area contributed by atoms with Crippen LogP contribution in [0.4, 0.5) is 0 Å². The highest BCUT2D eigenvalue weighted by Gasteiger charge is 1.98. The molecule has 1 aromatic rings. The molecule has 0 aromatic heterocycles. The van der Waals surface area contributed by atoms with Gasteiger partial charge in [0.05, 0.1) is 7.11 Å². The number of phenolic OH excluding ortho intramolecular Hbond substituents is 1. The van der Waals surface area contributed by atoms with Crippen molar-refractivity contribution < 1.29 is 19.6 Å². The fourth-order valence-corrected chi connectivity index (χ4v) is 0.819. The molecule has 0 aliphatic rings. The molecule has 4 nitrogen and oxygen atoms in total. The first-order valence-corrected chi connectivity index (χ1v) is 3.82. The zero-order chi connectivity index (χ0) is 9.68. The normalized spacial score (nSPS) is 10.0. The smallest absolute Gasteiger partial charge is 0.221 e. The summed E-state index contributed by atoms with van der Waals surface area (Å²) in [5, 5.41) is 9.30. The maximum Gasteiger partial charge on any atom is 0.221 e. The summed E-state index contributed by atoms with van der Waals surface area (Å²) in [4.78, 5) is 8.83. The van der Waals surface area contributed by atoms with E-state index in [1.807, 2.05) is 6.92 Å². The van der Waals surface area contributed by atoms with E-state index in [1.165, 1.54) is 13.2 Å². The molecular weight excluding hydrogens is 172 g/mol. The van der Waals surface area contributed by atoms with E-state index in [2.05, 4.69) is 9.78 Å². The lowest BCUT2D eigenvalue weighted by Crippen LogP contribution is -2.01. The molecule has 13 heavy (non-hydrogen) atoms. The van der Waals surface area contributed by atoms with E-state index < -0.39 is 0 Å². The highest BCUT2D eigenvalue weighted by molar-refractivity contribution is 5.38. The van der Waals surface area contributed by atoms with Crippen molar-refractivity contribution >= 4 is 0 Å². The molecule has 1 N–H and O–H groups in total. The van der Waals surface area contributed by atoms with Crippen molar-refractivity contribution in [3.8, 4) is 11.5 Å². The first-order chi connectivity index (χ1) is 6.24. The van der Waals surface area contributed by atoms with Crippen LogP contribution in [0, 0.1) is 6.92 Å². The Kier molecular flexibility index (Phi) is 3.54. The molecule has 1 rings (SSSR count). The van der Waals surface area contributed by atoms with Crippen LogP contribution in [-0.4, -0.2) is 19.0 Å². The monoisotopic (exact) mass is 184 g/mol. The van der Waals surface area contributed by atoms with Gasteiger partial charge >= 0.3 is 0 Å². The molecule has 0 spiro atoms. The maximum atomic E-state index is 9.30. The minimum Gasteiger partial charge on any atom is -0.508 e. The quantitative estimate of drug-likeness (QED) is 0.334. The topological polar surface area (TPSA) is 47.9 Å². The van der Waals surface area contributed by atoms with Crippen molar-refractivity contribution in [2.24, 2.45) is 0 Å². The Morgan fingerprint density at radius 3 is 2.77 bits per heavy atom. The van der Waals surface area contributed by atoms with E-state index in [9.17, 15) is 5.11 Å². The lowest BCUT2D eigenvalue weighted by atomic mass is 10.2. The van der Waals surface area contributed by atoms with Crippen molar-refractivity contribution in [2.45, 2.75) is 6.92 Å². The Bertz CT molecular complexity index is 272. The van der Waals surface area contributed by atoms with Gasteiger partial charge in [0.1, 0.15) is 11.5 Å². The molecule has 0 amide bonds. The maximum absolute atomic E-state index is 9.30. The van der Waals surface area contributed by atoms with Crippen molar-refractivity contribution in [3.63, 3.8) is 0 Å². The summed E-state index contributed by atoms with van der Waals surface area (Å²) in [7, 11) is 1.40. The van der Waals surface area contributed by atoms with E-state index in [0.29, 0.717) is 5.75 Å². The highest BCUT2D eigenvalue weighted by atomic mass is 17.2. The van der Waals surface area contributed by atoms with Crippen LogP contribution in [0.2, 0.25) is 0 Å². The Morgan fingerprint density at radius 1 is 1.38 bits per heavy atom. The molecule has 0 saturated carbocycles. The molecule has 4 heteroatoms. The molecule has 0 radical (unpaired) electrons. The summed E-state index contributed by atoms with van der Waals surface area (Å²) in [5.74, 6) is 0.745. The van der Waals surface area contributed by atoms with E-state index in [4.69, 9.17) is 4.74 Å². The SMILES string of the molecule is COOCOc1ccc(C)c(O)c1. The number of benzene rings is 1. The lowest BCUT2D eigenvalue weighted by Gasteiger charge is -2.05. The van der Waals surface area contributed by atoms with Crippen LogP contribution in [-0.2, 0) is 9.78 Å². The van der Waals surface area contributed by atoms with Crippen molar-refractivity contribution in [2.75, 3.05) is 13.9 Å². The fraction of sp³-hybridized carbons (Fsp3) is 0.333. The predicted molar refractivity (Wildman–Crippen MR) is 46.4 cm³/mol. The predicted octanol–water partition coefficient (Wildman–Crippen LogP) is 1.61. The van der Waals surface area contributed by atoms with Gasteiger partial charge in [-0.05, 0) is 18.6 Å². The molecule has 0 atom stereocenters. The van der Waals surface area contributed by atoms with E-state index >= 15 is 0 Å². The molecule has 0 aliphatic carbocycles. The van der Waals surface area contributed by atoms with Gasteiger partial charge in [-0.15, -0.1) is 0 Å². The van der Waals surface area contributed by atoms with Crippen molar-refractivity contribution in [3.05, 3.63) is 23.8 Å². The van der Waals surface area contributed by atoms with Gasteiger partial charge in [-0.25, -0.2) is 4.89 Å². The van der Waals surface area contributed by atoms with E-state index in [-0.39, 0.29) is 12.5 Å². The van der Waals surface area contributed by atoms with Crippen LogP contribution in [0.5, 0.6) is 11.5 Å². The van der Waals surface area contributed by atoms with Crippen molar-refractivity contribution in [1.82, 2.24) is 0 Å². The zero-order valence-corrected chi connectivity index (χ0v) is 7.61. The van der Waals surface area contributed by atoms with Gasteiger partial charge in [0.15, 0.2) is 0 Å². The molecule has 0 saturated heterocycles. The average Bonchev–Trinajstić information content (AvgIpc) is 2.12. The van der Waals surface area contributed by atoms with Crippen LogP contribution in [0.15, 0.2) is 18.2 Å². The second-order valence-electron chi connectivity index (χ2n) is 2.49. The van der Waals surface area contributed by atoms with E-state index in [1.54, 1.807) is 12.1 Å². The third-order valence-electron chi connectivity index (χ3n) is 1.57. The fourth-order valence-electron chi connectivity index (χ4n) is 0.819. The minimum atomic E-state index is -0.000991. The Hall–Kier alpha value is -1.26. The highest BCUT2D eigenvalue weighted by Crippen LogP contribution is 2.22. The van der Waals surface area contributed by atoms with Gasteiger partial charge in [0.2, 0.25) is 6.79 Å². The van der Waals surface area contributed by atoms with Crippen LogP contribution in [0.3, 0.4) is 0 Å². The molecule has 0 aliphatic heterocycles. The molecule has 0 heterocycles. The zero-order valence-electron chi connectivity index (χ0n) is 7.61. The summed E-state index contributed by atoms with van der Waals surface area (Å²) in [5.41, 5.74) is 0.806. The number of aryl methyl sites for hydroxylation is 1. The number of ether oxygens (including phenoxy) is 1. The number of hydrogen-bond acceptors (Lipinski definition) is 4. The van der Waals surface area contributed by atoms with Gasteiger partial charge < -0.3 is 9.84 Å². The largest absolute Gasteiger partial charge is 0.508 e. The molecule has 0 bridgehead atoms. The third kappa shape index (κ3) is 2.93. The number of aromatic hydroxyl groups is 1. The van der Waals surface area contributed by atoms with Crippen LogP contribution >= 0.6 is 0 Å². The molecule has 0 unspecified atom stereocenters. The lowest BCUT2D eigenvalue weighted by molar-refractivity contribution is -0.303. The van der Waals surface area contributed by atoms with Crippen LogP contribution in [0.25, 0.3) is 0 Å². The molecule has 0 fully saturated rings. The summed E-state index contributed by atoms with van der Waals surface area (Å²) in [6.45, 7) is 1.81. The average molecular weight is 184 g/mol. The second-order valence-corrected chi connectivity index (χ2v) is 2.49. The first kappa shape index (κ1) is 9.83. The van der Waals surface area contributed by atoms with Gasteiger partial charge in [-0.2, -0.15) is 4.89 Å². The van der Waals surface area contributed by atoms with Crippen LogP contribution < -0.4 is 4.74 Å². The van der Waals surface area contributed by atoms with Crippen molar-refractivity contribution in [1.29, 1.82) is 0 Å². The summed E-state index contributed by atoms with van der Waals surface area (Å²) in [6, 6.07) is 5.03. The number of phenols is 1. The number of rotatable bonds is 4. The Morgan fingerprint density at radius 2 is 2.15 bits per heavy atom. The summed E-state index contributed by atoms with van der Waals surface area (Å²) < 4.78 is 5.08. The molecule has 72 valence electrons. The number of hydrogen-bond donors (Lipinski definition) is 1. The standard InChI is InChI=1S/C9H12O4/c1-7-3-4-8(5-9(7)10)12-6-13-11-2/h3-5,10H,6H2,1-2H3. The summed E-state index contributed by atoms with van der Waals surface area (Å²) in [6.07, 6.45) is 0. The summed E-state index contributed by atoms with van der Waals surface area (Å²) >= 11 is 0.